The van der Waals surface area contributed by atoms with Crippen LogP contribution in [0.3, 0.4) is 0 Å². The summed E-state index contributed by atoms with van der Waals surface area (Å²) >= 11 is 3.44. The third kappa shape index (κ3) is 4.33. The third-order valence-electron chi connectivity index (χ3n) is 3.04. The van der Waals surface area contributed by atoms with E-state index in [2.05, 4.69) is 32.1 Å². The minimum Gasteiger partial charge on any atom is -0.330 e. The SMILES string of the molecule is C[C@H](NC(=O)NNC(=O)c1ccccc1)c1ccccc1Br. The zero-order chi connectivity index (χ0) is 15.9. The van der Waals surface area contributed by atoms with Gasteiger partial charge in [-0.3, -0.25) is 10.2 Å². The van der Waals surface area contributed by atoms with Crippen molar-refractivity contribution in [3.8, 4) is 0 Å². The van der Waals surface area contributed by atoms with Crippen molar-refractivity contribution < 1.29 is 9.59 Å². The Morgan fingerprint density at radius 3 is 2.27 bits per heavy atom. The van der Waals surface area contributed by atoms with Gasteiger partial charge in [0.15, 0.2) is 0 Å². The molecule has 2 aromatic rings. The molecule has 0 unspecified atom stereocenters. The summed E-state index contributed by atoms with van der Waals surface area (Å²) in [6.07, 6.45) is 0. The summed E-state index contributed by atoms with van der Waals surface area (Å²) in [4.78, 5) is 23.6. The van der Waals surface area contributed by atoms with Crippen molar-refractivity contribution in [1.82, 2.24) is 16.2 Å². The average molecular weight is 362 g/mol. The molecule has 0 bridgehead atoms. The number of carbonyl (C=O) groups is 2. The van der Waals surface area contributed by atoms with Crippen LogP contribution >= 0.6 is 15.9 Å². The van der Waals surface area contributed by atoms with Gasteiger partial charge in [-0.2, -0.15) is 0 Å². The first-order valence-electron chi connectivity index (χ1n) is 6.74. The molecule has 0 aliphatic rings. The fraction of sp³-hybridized carbons (Fsp3) is 0.125. The zero-order valence-electron chi connectivity index (χ0n) is 12.0. The fourth-order valence-corrected chi connectivity index (χ4v) is 2.54. The highest BCUT2D eigenvalue weighted by Crippen LogP contribution is 2.22. The molecule has 22 heavy (non-hydrogen) atoms. The van der Waals surface area contributed by atoms with Crippen LogP contribution in [-0.4, -0.2) is 11.9 Å². The second-order valence-corrected chi connectivity index (χ2v) is 5.52. The molecule has 0 radical (unpaired) electrons. The third-order valence-corrected chi connectivity index (χ3v) is 3.77. The van der Waals surface area contributed by atoms with Crippen molar-refractivity contribution in [3.63, 3.8) is 0 Å². The van der Waals surface area contributed by atoms with Crippen LogP contribution in [0.5, 0.6) is 0 Å². The standard InChI is InChI=1S/C16H16BrN3O2/c1-11(13-9-5-6-10-14(13)17)18-16(22)20-19-15(21)12-7-3-2-4-8-12/h2-11H,1H3,(H,19,21)(H2,18,20,22)/t11-/m0/s1. The van der Waals surface area contributed by atoms with Gasteiger partial charge in [-0.05, 0) is 30.7 Å². The Morgan fingerprint density at radius 2 is 1.59 bits per heavy atom. The molecule has 6 heteroatoms. The maximum absolute atomic E-state index is 11.8. The highest BCUT2D eigenvalue weighted by Gasteiger charge is 2.12. The van der Waals surface area contributed by atoms with Gasteiger partial charge < -0.3 is 5.32 Å². The molecule has 5 nitrogen and oxygen atoms in total. The summed E-state index contributed by atoms with van der Waals surface area (Å²) in [7, 11) is 0. The maximum Gasteiger partial charge on any atom is 0.333 e. The van der Waals surface area contributed by atoms with E-state index in [-0.39, 0.29) is 11.9 Å². The molecule has 3 N–H and O–H groups in total. The topological polar surface area (TPSA) is 70.2 Å². The normalized spacial score (nSPS) is 11.4. The Kier molecular flexibility index (Phi) is 5.55. The Bertz CT molecular complexity index is 661. The number of carbonyl (C=O) groups excluding carboxylic acids is 2. The lowest BCUT2D eigenvalue weighted by Gasteiger charge is -2.16. The molecule has 0 aliphatic heterocycles. The summed E-state index contributed by atoms with van der Waals surface area (Å²) < 4.78 is 0.913. The Morgan fingerprint density at radius 1 is 0.955 bits per heavy atom. The van der Waals surface area contributed by atoms with Crippen LogP contribution in [0.1, 0.15) is 28.9 Å². The highest BCUT2D eigenvalue weighted by atomic mass is 79.9. The van der Waals surface area contributed by atoms with Gasteiger partial charge in [0.05, 0.1) is 6.04 Å². The van der Waals surface area contributed by atoms with E-state index in [4.69, 9.17) is 0 Å². The molecular weight excluding hydrogens is 346 g/mol. The van der Waals surface area contributed by atoms with Gasteiger partial charge in [-0.15, -0.1) is 0 Å². The van der Waals surface area contributed by atoms with E-state index >= 15 is 0 Å². The lowest BCUT2D eigenvalue weighted by atomic mass is 10.1. The van der Waals surface area contributed by atoms with Crippen molar-refractivity contribution >= 4 is 27.9 Å². The molecule has 0 saturated heterocycles. The van der Waals surface area contributed by atoms with Crippen molar-refractivity contribution in [1.29, 1.82) is 0 Å². The predicted octanol–water partition coefficient (Wildman–Crippen LogP) is 3.15. The van der Waals surface area contributed by atoms with E-state index in [1.54, 1.807) is 24.3 Å². The maximum atomic E-state index is 11.8. The summed E-state index contributed by atoms with van der Waals surface area (Å²) in [5, 5.41) is 2.75. The molecule has 0 aliphatic carbocycles. The number of hydrazine groups is 1. The molecule has 2 aromatic carbocycles. The molecule has 0 spiro atoms. The summed E-state index contributed by atoms with van der Waals surface area (Å²) in [5.74, 6) is -0.371. The van der Waals surface area contributed by atoms with Crippen molar-refractivity contribution in [2.75, 3.05) is 0 Å². The van der Waals surface area contributed by atoms with Crippen LogP contribution in [0, 0.1) is 0 Å². The molecule has 1 atom stereocenters. The van der Waals surface area contributed by atoms with Crippen molar-refractivity contribution in [3.05, 3.63) is 70.2 Å². The molecule has 3 amide bonds. The number of urea groups is 1. The lowest BCUT2D eigenvalue weighted by Crippen LogP contribution is -2.47. The quantitative estimate of drug-likeness (QED) is 0.734. The van der Waals surface area contributed by atoms with Gasteiger partial charge >= 0.3 is 6.03 Å². The minimum absolute atomic E-state index is 0.204. The van der Waals surface area contributed by atoms with E-state index in [9.17, 15) is 9.59 Å². The fourth-order valence-electron chi connectivity index (χ4n) is 1.91. The second-order valence-electron chi connectivity index (χ2n) is 4.66. The first-order valence-corrected chi connectivity index (χ1v) is 7.53. The van der Waals surface area contributed by atoms with Crippen molar-refractivity contribution in [2.24, 2.45) is 0 Å². The van der Waals surface area contributed by atoms with Gasteiger partial charge in [0.25, 0.3) is 5.91 Å². The van der Waals surface area contributed by atoms with Crippen LogP contribution in [0.25, 0.3) is 0 Å². The second kappa shape index (κ2) is 7.61. The van der Waals surface area contributed by atoms with E-state index in [1.165, 1.54) is 0 Å². The molecule has 0 fully saturated rings. The van der Waals surface area contributed by atoms with E-state index < -0.39 is 6.03 Å². The van der Waals surface area contributed by atoms with Crippen molar-refractivity contribution in [2.45, 2.75) is 13.0 Å². The lowest BCUT2D eigenvalue weighted by molar-refractivity contribution is 0.0936. The Labute approximate surface area is 137 Å². The summed E-state index contributed by atoms with van der Waals surface area (Å²) in [6.45, 7) is 1.86. The predicted molar refractivity (Wildman–Crippen MR) is 88.1 cm³/mol. The van der Waals surface area contributed by atoms with E-state index in [0.29, 0.717) is 5.56 Å². The smallest absolute Gasteiger partial charge is 0.330 e. The molecule has 0 heterocycles. The number of benzene rings is 2. The van der Waals surface area contributed by atoms with E-state index in [0.717, 1.165) is 10.0 Å². The highest BCUT2D eigenvalue weighted by molar-refractivity contribution is 9.10. The number of amides is 3. The van der Waals surface area contributed by atoms with Crippen LogP contribution in [0.2, 0.25) is 0 Å². The Hall–Kier alpha value is -2.34. The number of hydrogen-bond donors (Lipinski definition) is 3. The number of nitrogens with one attached hydrogen (secondary N) is 3. The number of rotatable bonds is 3. The monoisotopic (exact) mass is 361 g/mol. The number of halogens is 1. The largest absolute Gasteiger partial charge is 0.333 e. The van der Waals surface area contributed by atoms with Gasteiger partial charge in [0, 0.05) is 10.0 Å². The molecule has 0 aromatic heterocycles. The van der Waals surface area contributed by atoms with Gasteiger partial charge in [0.2, 0.25) is 0 Å². The average Bonchev–Trinajstić information content (AvgIpc) is 2.53. The Balaban J connectivity index is 1.86. The van der Waals surface area contributed by atoms with Gasteiger partial charge in [-0.25, -0.2) is 10.2 Å². The molecular formula is C16H16BrN3O2. The van der Waals surface area contributed by atoms with Crippen LogP contribution < -0.4 is 16.2 Å². The van der Waals surface area contributed by atoms with Gasteiger partial charge in [-0.1, -0.05) is 52.3 Å². The molecule has 2 rings (SSSR count). The summed E-state index contributed by atoms with van der Waals surface area (Å²) in [5.41, 5.74) is 6.12. The molecule has 0 saturated carbocycles. The van der Waals surface area contributed by atoms with Crippen LogP contribution in [-0.2, 0) is 0 Å². The first kappa shape index (κ1) is 16.0. The summed E-state index contributed by atoms with van der Waals surface area (Å²) in [6, 6.07) is 15.6. The number of hydrogen-bond acceptors (Lipinski definition) is 2. The first-order chi connectivity index (χ1) is 10.6. The van der Waals surface area contributed by atoms with E-state index in [1.807, 2.05) is 37.3 Å². The van der Waals surface area contributed by atoms with Gasteiger partial charge in [0.1, 0.15) is 0 Å². The van der Waals surface area contributed by atoms with Crippen LogP contribution in [0.4, 0.5) is 4.79 Å². The minimum atomic E-state index is -0.479. The van der Waals surface area contributed by atoms with Crippen LogP contribution in [0.15, 0.2) is 59.1 Å². The zero-order valence-corrected chi connectivity index (χ0v) is 13.6. The molecule has 114 valence electrons.